The van der Waals surface area contributed by atoms with Gasteiger partial charge in [-0.25, -0.2) is 9.78 Å². The Morgan fingerprint density at radius 2 is 2.10 bits per heavy atom. The van der Waals surface area contributed by atoms with Crippen LogP contribution >= 0.6 is 22.6 Å². The third-order valence-electron chi connectivity index (χ3n) is 2.60. The second-order valence-corrected chi connectivity index (χ2v) is 5.06. The molecule has 0 amide bonds. The van der Waals surface area contributed by atoms with Crippen LogP contribution < -0.4 is 14.8 Å². The fourth-order valence-electron chi connectivity index (χ4n) is 1.60. The number of aromatic nitrogens is 2. The summed E-state index contributed by atoms with van der Waals surface area (Å²) in [7, 11) is 2.98. The van der Waals surface area contributed by atoms with Crippen molar-refractivity contribution in [3.05, 3.63) is 33.5 Å². The second-order valence-electron chi connectivity index (χ2n) is 3.90. The Kier molecular flexibility index (Phi) is 4.78. The zero-order valence-electron chi connectivity index (χ0n) is 11.3. The highest BCUT2D eigenvalue weighted by atomic mass is 127. The van der Waals surface area contributed by atoms with Crippen LogP contribution in [0.2, 0.25) is 0 Å². The molecule has 0 fully saturated rings. The van der Waals surface area contributed by atoms with Gasteiger partial charge in [-0.05, 0) is 40.8 Å². The predicted octanol–water partition coefficient (Wildman–Crippen LogP) is 2.54. The minimum absolute atomic E-state index is 0.138. The number of carboxylic acids is 1. The lowest BCUT2D eigenvalue weighted by Gasteiger charge is -2.11. The quantitative estimate of drug-likeness (QED) is 0.744. The van der Waals surface area contributed by atoms with Crippen LogP contribution in [0.25, 0.3) is 0 Å². The fourth-order valence-corrected chi connectivity index (χ4v) is 2.08. The summed E-state index contributed by atoms with van der Waals surface area (Å²) in [5.41, 5.74) is 0.698. The molecule has 0 saturated carbocycles. The molecule has 2 N–H and O–H groups in total. The van der Waals surface area contributed by atoms with E-state index in [-0.39, 0.29) is 5.56 Å². The largest absolute Gasteiger partial charge is 0.495 e. The van der Waals surface area contributed by atoms with E-state index in [1.165, 1.54) is 26.4 Å². The number of hydrogen-bond acceptors (Lipinski definition) is 6. The zero-order valence-corrected chi connectivity index (χ0v) is 13.4. The van der Waals surface area contributed by atoms with Gasteiger partial charge in [0.05, 0.1) is 29.0 Å². The Hall–Kier alpha value is -2.10. The molecule has 1 aromatic carbocycles. The summed E-state index contributed by atoms with van der Waals surface area (Å²) >= 11 is 2.07. The average Bonchev–Trinajstić information content (AvgIpc) is 2.49. The lowest BCUT2D eigenvalue weighted by atomic mass is 10.2. The van der Waals surface area contributed by atoms with Crippen molar-refractivity contribution in [1.29, 1.82) is 0 Å². The van der Waals surface area contributed by atoms with E-state index in [1.54, 1.807) is 12.3 Å². The molecule has 0 saturated heterocycles. The number of rotatable bonds is 5. The summed E-state index contributed by atoms with van der Waals surface area (Å²) in [5.74, 6) is 0.144. The molecule has 0 atom stereocenters. The van der Waals surface area contributed by atoms with Crippen molar-refractivity contribution in [2.24, 2.45) is 0 Å². The Bertz CT molecular complexity index is 678. The Morgan fingerprint density at radius 1 is 1.33 bits per heavy atom. The van der Waals surface area contributed by atoms with E-state index in [1.807, 2.05) is 0 Å². The maximum atomic E-state index is 10.9. The van der Waals surface area contributed by atoms with E-state index in [9.17, 15) is 4.79 Å². The summed E-state index contributed by atoms with van der Waals surface area (Å²) in [4.78, 5) is 19.3. The monoisotopic (exact) mass is 401 g/mol. The molecule has 0 bridgehead atoms. The standard InChI is InChI=1S/C13H12IN3O4/c1-20-10-5-7(12(18)19)3-4-9(10)16-13-15-6-8(14)11(17-13)21-2/h3-6H,1-2H3,(H,18,19)(H,15,16,17). The molecule has 21 heavy (non-hydrogen) atoms. The molecule has 0 aliphatic carbocycles. The van der Waals surface area contributed by atoms with E-state index in [4.69, 9.17) is 14.6 Å². The predicted molar refractivity (Wildman–Crippen MR) is 84.5 cm³/mol. The smallest absolute Gasteiger partial charge is 0.335 e. The van der Waals surface area contributed by atoms with Crippen LogP contribution in [0, 0.1) is 3.57 Å². The first-order valence-electron chi connectivity index (χ1n) is 5.80. The van der Waals surface area contributed by atoms with Gasteiger partial charge in [0.1, 0.15) is 5.75 Å². The molecular formula is C13H12IN3O4. The Morgan fingerprint density at radius 3 is 2.71 bits per heavy atom. The molecule has 0 aliphatic rings. The van der Waals surface area contributed by atoms with E-state index >= 15 is 0 Å². The van der Waals surface area contributed by atoms with E-state index in [0.717, 1.165) is 3.57 Å². The van der Waals surface area contributed by atoms with Crippen molar-refractivity contribution in [2.45, 2.75) is 0 Å². The van der Waals surface area contributed by atoms with Gasteiger partial charge in [0.2, 0.25) is 11.8 Å². The molecular weight excluding hydrogens is 389 g/mol. The molecule has 0 spiro atoms. The molecule has 2 aromatic rings. The Balaban J connectivity index is 2.33. The molecule has 110 valence electrons. The van der Waals surface area contributed by atoms with Gasteiger partial charge in [0.15, 0.2) is 0 Å². The van der Waals surface area contributed by atoms with Crippen LogP contribution in [0.1, 0.15) is 10.4 Å². The molecule has 2 rings (SSSR count). The number of hydrogen-bond donors (Lipinski definition) is 2. The van der Waals surface area contributed by atoms with Gasteiger partial charge >= 0.3 is 5.97 Å². The van der Waals surface area contributed by atoms with Crippen LogP contribution in [-0.4, -0.2) is 35.3 Å². The third kappa shape index (κ3) is 3.51. The number of halogens is 1. The fraction of sp³-hybridized carbons (Fsp3) is 0.154. The van der Waals surface area contributed by atoms with Crippen molar-refractivity contribution in [1.82, 2.24) is 9.97 Å². The maximum absolute atomic E-state index is 10.9. The lowest BCUT2D eigenvalue weighted by Crippen LogP contribution is -2.03. The summed E-state index contributed by atoms with van der Waals surface area (Å²) in [5, 5.41) is 11.9. The summed E-state index contributed by atoms with van der Waals surface area (Å²) < 4.78 is 11.1. The topological polar surface area (TPSA) is 93.6 Å². The van der Waals surface area contributed by atoms with E-state index in [2.05, 4.69) is 37.9 Å². The van der Waals surface area contributed by atoms with Crippen LogP contribution in [-0.2, 0) is 0 Å². The average molecular weight is 401 g/mol. The van der Waals surface area contributed by atoms with Gasteiger partial charge < -0.3 is 19.9 Å². The van der Waals surface area contributed by atoms with Crippen molar-refractivity contribution < 1.29 is 19.4 Å². The molecule has 1 heterocycles. The molecule has 7 nitrogen and oxygen atoms in total. The number of ether oxygens (including phenoxy) is 2. The highest BCUT2D eigenvalue weighted by Crippen LogP contribution is 2.28. The number of benzene rings is 1. The van der Waals surface area contributed by atoms with Crippen molar-refractivity contribution in [2.75, 3.05) is 19.5 Å². The minimum atomic E-state index is -1.02. The van der Waals surface area contributed by atoms with Gasteiger partial charge in [0, 0.05) is 6.20 Å². The van der Waals surface area contributed by atoms with Crippen molar-refractivity contribution in [3.8, 4) is 11.6 Å². The lowest BCUT2D eigenvalue weighted by molar-refractivity contribution is 0.0696. The first-order valence-corrected chi connectivity index (χ1v) is 6.88. The molecule has 0 aliphatic heterocycles. The summed E-state index contributed by atoms with van der Waals surface area (Å²) in [6.07, 6.45) is 1.62. The molecule has 0 radical (unpaired) electrons. The van der Waals surface area contributed by atoms with Gasteiger partial charge in [0.25, 0.3) is 0 Å². The SMILES string of the molecule is COc1cc(C(=O)O)ccc1Nc1ncc(I)c(OC)n1. The van der Waals surface area contributed by atoms with Crippen molar-refractivity contribution in [3.63, 3.8) is 0 Å². The molecule has 0 unspecified atom stereocenters. The molecule has 1 aromatic heterocycles. The van der Waals surface area contributed by atoms with E-state index in [0.29, 0.717) is 23.3 Å². The number of anilines is 2. The number of aromatic carboxylic acids is 1. The first-order chi connectivity index (χ1) is 10.0. The number of nitrogens with one attached hydrogen (secondary N) is 1. The number of carbonyl (C=O) groups is 1. The van der Waals surface area contributed by atoms with Gasteiger partial charge in [-0.15, -0.1) is 0 Å². The number of carboxylic acid groups (broad SMARTS) is 1. The van der Waals surface area contributed by atoms with Crippen LogP contribution in [0.15, 0.2) is 24.4 Å². The van der Waals surface area contributed by atoms with Gasteiger partial charge in [-0.1, -0.05) is 0 Å². The highest BCUT2D eigenvalue weighted by Gasteiger charge is 2.11. The van der Waals surface area contributed by atoms with Gasteiger partial charge in [-0.3, -0.25) is 0 Å². The van der Waals surface area contributed by atoms with E-state index < -0.39 is 5.97 Å². The number of nitrogens with zero attached hydrogens (tertiary/aromatic N) is 2. The third-order valence-corrected chi connectivity index (χ3v) is 3.34. The van der Waals surface area contributed by atoms with Crippen molar-refractivity contribution >= 4 is 40.2 Å². The van der Waals surface area contributed by atoms with Crippen LogP contribution in [0.4, 0.5) is 11.6 Å². The molecule has 8 heteroatoms. The second kappa shape index (κ2) is 6.57. The normalized spacial score (nSPS) is 10.0. The summed E-state index contributed by atoms with van der Waals surface area (Å²) in [6, 6.07) is 4.49. The number of methoxy groups -OCH3 is 2. The highest BCUT2D eigenvalue weighted by molar-refractivity contribution is 14.1. The maximum Gasteiger partial charge on any atom is 0.335 e. The van der Waals surface area contributed by atoms with Gasteiger partial charge in [-0.2, -0.15) is 4.98 Å². The zero-order chi connectivity index (χ0) is 15.4. The Labute approximate surface area is 134 Å². The van der Waals surface area contributed by atoms with Crippen LogP contribution in [0.3, 0.4) is 0 Å². The van der Waals surface area contributed by atoms with Crippen LogP contribution in [0.5, 0.6) is 11.6 Å². The first kappa shape index (κ1) is 15.3. The summed E-state index contributed by atoms with van der Waals surface area (Å²) in [6.45, 7) is 0. The minimum Gasteiger partial charge on any atom is -0.495 e.